The van der Waals surface area contributed by atoms with Crippen molar-refractivity contribution in [1.82, 2.24) is 20.2 Å². The fourth-order valence-corrected chi connectivity index (χ4v) is 3.29. The normalized spacial score (nSPS) is 10.6. The van der Waals surface area contributed by atoms with Crippen molar-refractivity contribution in [3.63, 3.8) is 0 Å². The third kappa shape index (κ3) is 3.77. The summed E-state index contributed by atoms with van der Waals surface area (Å²) in [6, 6.07) is 4.25. The number of rotatable bonds is 6. The van der Waals surface area contributed by atoms with Gasteiger partial charge in [-0.2, -0.15) is 0 Å². The molecule has 0 amide bonds. The molecule has 0 aliphatic heterocycles. The number of ether oxygens (including phenoxy) is 1. The van der Waals surface area contributed by atoms with Gasteiger partial charge < -0.3 is 4.74 Å². The highest BCUT2D eigenvalue weighted by Crippen LogP contribution is 2.25. The van der Waals surface area contributed by atoms with Gasteiger partial charge in [0.25, 0.3) is 0 Å². The zero-order valence-corrected chi connectivity index (χ0v) is 12.3. The van der Waals surface area contributed by atoms with Crippen LogP contribution in [0.1, 0.15) is 16.7 Å². The van der Waals surface area contributed by atoms with E-state index in [4.69, 9.17) is 0 Å². The van der Waals surface area contributed by atoms with E-state index >= 15 is 0 Å². The summed E-state index contributed by atoms with van der Waals surface area (Å²) in [6.45, 7) is 2.18. The zero-order chi connectivity index (χ0) is 13.7. The van der Waals surface area contributed by atoms with Gasteiger partial charge in [-0.1, -0.05) is 18.7 Å². The van der Waals surface area contributed by atoms with Crippen molar-refractivity contribution in [2.75, 3.05) is 7.11 Å². The third-order valence-electron chi connectivity index (χ3n) is 2.41. The molecule has 0 unspecified atom stereocenters. The number of aryl methyl sites for hydroxylation is 1. The molecule has 0 saturated heterocycles. The van der Waals surface area contributed by atoms with Gasteiger partial charge in [-0.3, -0.25) is 4.79 Å². The molecule has 0 bridgehead atoms. The van der Waals surface area contributed by atoms with Crippen molar-refractivity contribution in [3.05, 3.63) is 21.9 Å². The number of esters is 1. The van der Waals surface area contributed by atoms with Crippen LogP contribution < -0.4 is 0 Å². The van der Waals surface area contributed by atoms with Crippen LogP contribution in [0.3, 0.4) is 0 Å². The van der Waals surface area contributed by atoms with Gasteiger partial charge >= 0.3 is 5.97 Å². The predicted octanol–water partition coefficient (Wildman–Crippen LogP) is 1.76. The van der Waals surface area contributed by atoms with Crippen molar-refractivity contribution >= 4 is 29.1 Å². The Morgan fingerprint density at radius 2 is 2.26 bits per heavy atom. The van der Waals surface area contributed by atoms with Gasteiger partial charge in [0.15, 0.2) is 0 Å². The minimum atomic E-state index is -0.362. The molecule has 0 fully saturated rings. The molecule has 2 aromatic rings. The van der Waals surface area contributed by atoms with Crippen molar-refractivity contribution in [3.8, 4) is 0 Å². The fraction of sp³-hybridized carbons (Fsp3) is 0.455. The van der Waals surface area contributed by atoms with E-state index in [1.54, 1.807) is 11.3 Å². The molecule has 0 aliphatic rings. The van der Waals surface area contributed by atoms with Gasteiger partial charge in [-0.05, 0) is 29.0 Å². The summed E-state index contributed by atoms with van der Waals surface area (Å²) >= 11 is 3.30. The van der Waals surface area contributed by atoms with Gasteiger partial charge in [0, 0.05) is 15.5 Å². The summed E-state index contributed by atoms with van der Waals surface area (Å²) in [4.78, 5) is 13.8. The van der Waals surface area contributed by atoms with E-state index in [9.17, 15) is 4.79 Å². The molecule has 0 aromatic carbocycles. The Hall–Kier alpha value is -1.41. The summed E-state index contributed by atoms with van der Waals surface area (Å²) in [5, 5.41) is 11.9. The Morgan fingerprint density at radius 1 is 1.47 bits per heavy atom. The Morgan fingerprint density at radius 3 is 2.95 bits per heavy atom. The lowest BCUT2D eigenvalue weighted by atomic mass is 10.4. The van der Waals surface area contributed by atoms with Crippen molar-refractivity contribution in [1.29, 1.82) is 0 Å². The molecule has 102 valence electrons. The van der Waals surface area contributed by atoms with Crippen molar-refractivity contribution in [2.45, 2.75) is 30.8 Å². The monoisotopic (exact) mass is 298 g/mol. The maximum absolute atomic E-state index is 11.2. The average Bonchev–Trinajstić information content (AvgIpc) is 3.05. The van der Waals surface area contributed by atoms with Gasteiger partial charge in [0.2, 0.25) is 5.16 Å². The standard InChI is InChI=1S/C11H14N4O2S2/c1-3-8-4-5-9(19-8)7-18-11-12-13-14-15(11)6-10(16)17-2/h4-5H,3,6-7H2,1-2H3. The SMILES string of the molecule is CCc1ccc(CSc2nnnn2CC(=O)OC)s1. The second kappa shape index (κ2) is 6.67. The molecule has 19 heavy (non-hydrogen) atoms. The topological polar surface area (TPSA) is 69.9 Å². The molecular formula is C11H14N4O2S2. The Bertz CT molecular complexity index is 552. The van der Waals surface area contributed by atoms with Gasteiger partial charge in [-0.25, -0.2) is 4.68 Å². The van der Waals surface area contributed by atoms with E-state index in [2.05, 4.69) is 39.3 Å². The Balaban J connectivity index is 1.96. The summed E-state index contributed by atoms with van der Waals surface area (Å²) in [5.74, 6) is 0.435. The second-order valence-corrected chi connectivity index (χ2v) is 5.90. The molecule has 0 spiro atoms. The van der Waals surface area contributed by atoms with Crippen LogP contribution in [0.4, 0.5) is 0 Å². The van der Waals surface area contributed by atoms with Gasteiger partial charge in [0.1, 0.15) is 6.54 Å². The van der Waals surface area contributed by atoms with E-state index in [-0.39, 0.29) is 12.5 Å². The number of tetrazole rings is 1. The van der Waals surface area contributed by atoms with Crippen LogP contribution in [0.2, 0.25) is 0 Å². The number of thioether (sulfide) groups is 1. The van der Waals surface area contributed by atoms with E-state index in [0.29, 0.717) is 5.16 Å². The smallest absolute Gasteiger partial charge is 0.327 e. The van der Waals surface area contributed by atoms with E-state index in [1.807, 2.05) is 0 Å². The Kier molecular flexibility index (Phi) is 4.92. The lowest BCUT2D eigenvalue weighted by Crippen LogP contribution is -2.13. The van der Waals surface area contributed by atoms with Crippen LogP contribution in [0.15, 0.2) is 17.3 Å². The first-order valence-corrected chi connectivity index (χ1v) is 7.56. The fourth-order valence-electron chi connectivity index (χ4n) is 1.41. The predicted molar refractivity (Wildman–Crippen MR) is 73.1 cm³/mol. The lowest BCUT2D eigenvalue weighted by Gasteiger charge is -2.01. The maximum atomic E-state index is 11.2. The summed E-state index contributed by atoms with van der Waals surface area (Å²) in [5.41, 5.74) is 0. The number of aromatic nitrogens is 4. The largest absolute Gasteiger partial charge is 0.468 e. The number of hydrogen-bond acceptors (Lipinski definition) is 7. The molecule has 0 saturated carbocycles. The highest BCUT2D eigenvalue weighted by atomic mass is 32.2. The number of nitrogens with zero attached hydrogens (tertiary/aromatic N) is 4. The molecule has 2 aromatic heterocycles. The quantitative estimate of drug-likeness (QED) is 0.598. The molecule has 2 rings (SSSR count). The molecule has 2 heterocycles. The number of carbonyl (C=O) groups is 1. The van der Waals surface area contributed by atoms with Crippen molar-refractivity contribution < 1.29 is 9.53 Å². The van der Waals surface area contributed by atoms with Crippen LogP contribution in [-0.2, 0) is 28.2 Å². The minimum absolute atomic E-state index is 0.0382. The molecule has 0 N–H and O–H groups in total. The molecule has 0 aliphatic carbocycles. The summed E-state index contributed by atoms with van der Waals surface area (Å²) < 4.78 is 6.05. The number of carbonyl (C=O) groups excluding carboxylic acids is 1. The number of methoxy groups -OCH3 is 1. The third-order valence-corrected chi connectivity index (χ3v) is 4.83. The molecule has 0 atom stereocenters. The summed E-state index contributed by atoms with van der Waals surface area (Å²) in [7, 11) is 1.34. The number of thiophene rings is 1. The summed E-state index contributed by atoms with van der Waals surface area (Å²) in [6.07, 6.45) is 1.05. The molecule has 8 heteroatoms. The molecular weight excluding hydrogens is 284 g/mol. The van der Waals surface area contributed by atoms with Crippen molar-refractivity contribution in [2.24, 2.45) is 0 Å². The maximum Gasteiger partial charge on any atom is 0.327 e. The highest BCUT2D eigenvalue weighted by Gasteiger charge is 2.11. The lowest BCUT2D eigenvalue weighted by molar-refractivity contribution is -0.141. The van der Waals surface area contributed by atoms with Crippen LogP contribution >= 0.6 is 23.1 Å². The molecule has 6 nitrogen and oxygen atoms in total. The van der Waals surface area contributed by atoms with Gasteiger partial charge in [0.05, 0.1) is 7.11 Å². The first-order chi connectivity index (χ1) is 9.22. The van der Waals surface area contributed by atoms with Crippen LogP contribution in [0, 0.1) is 0 Å². The second-order valence-electron chi connectivity index (χ2n) is 3.71. The minimum Gasteiger partial charge on any atom is -0.468 e. The number of hydrogen-bond donors (Lipinski definition) is 0. The van der Waals surface area contributed by atoms with Crippen LogP contribution in [-0.4, -0.2) is 33.3 Å². The van der Waals surface area contributed by atoms with E-state index < -0.39 is 0 Å². The first kappa shape index (κ1) is 14.0. The molecule has 0 radical (unpaired) electrons. The highest BCUT2D eigenvalue weighted by molar-refractivity contribution is 7.98. The van der Waals surface area contributed by atoms with E-state index in [0.717, 1.165) is 12.2 Å². The average molecular weight is 298 g/mol. The van der Waals surface area contributed by atoms with E-state index in [1.165, 1.54) is 33.3 Å². The van der Waals surface area contributed by atoms with Gasteiger partial charge in [-0.15, -0.1) is 16.4 Å². The zero-order valence-electron chi connectivity index (χ0n) is 10.7. The van der Waals surface area contributed by atoms with Crippen LogP contribution in [0.5, 0.6) is 0 Å². The Labute approximate surface area is 119 Å². The van der Waals surface area contributed by atoms with Crippen LogP contribution in [0.25, 0.3) is 0 Å². The first-order valence-electron chi connectivity index (χ1n) is 5.76.